The summed E-state index contributed by atoms with van der Waals surface area (Å²) >= 11 is 0. The molecule has 3 heteroatoms. The third-order valence-corrected chi connectivity index (χ3v) is 9.07. The van der Waals surface area contributed by atoms with E-state index in [1.165, 1.54) is 32.1 Å². The van der Waals surface area contributed by atoms with Gasteiger partial charge in [0.25, 0.3) is 0 Å². The van der Waals surface area contributed by atoms with Gasteiger partial charge in [-0.25, -0.2) is 0 Å². The maximum Gasteiger partial charge on any atom is 0.226 e. The molecule has 7 atom stereocenters. The lowest BCUT2D eigenvalue weighted by Gasteiger charge is -2.63. The number of carbonyl (C=O) groups is 1. The number of rotatable bonds is 2. The first kappa shape index (κ1) is 18.7. The average molecular weight is 381 g/mol. The fraction of sp³-hybridized carbons (Fsp3) is 0.720. The molecular weight excluding hydrogens is 344 g/mol. The molecule has 0 spiro atoms. The van der Waals surface area contributed by atoms with Crippen molar-refractivity contribution >= 4 is 5.91 Å². The molecule has 1 aromatic carbocycles. The van der Waals surface area contributed by atoms with E-state index in [4.69, 9.17) is 5.73 Å². The van der Waals surface area contributed by atoms with Crippen molar-refractivity contribution in [2.75, 3.05) is 13.1 Å². The number of hydrogen-bond acceptors (Lipinski definition) is 2. The Morgan fingerprint density at radius 3 is 2.71 bits per heavy atom. The standard InChI is InChI=1S/C25H36N2O/c1-17-15-27(11-9-22(17)26)23(28)20-12-18-13-24(2)16-25(14-18,10-8-21(20)24)19-6-4-3-5-7-19/h3-7,17-18,20-22H,8-16,26H2,1-2H3/t17?,18?,20?,21?,22?,24-,25-/m1/s1. The van der Waals surface area contributed by atoms with Crippen LogP contribution in [0.15, 0.2) is 30.3 Å². The topological polar surface area (TPSA) is 46.3 Å². The largest absolute Gasteiger partial charge is 0.342 e. The zero-order valence-corrected chi connectivity index (χ0v) is 17.6. The van der Waals surface area contributed by atoms with E-state index in [1.807, 2.05) is 0 Å². The number of nitrogens with two attached hydrogens (primary N) is 1. The second-order valence-electron chi connectivity index (χ2n) is 11.0. The monoisotopic (exact) mass is 380 g/mol. The number of benzene rings is 1. The molecule has 4 fully saturated rings. The third kappa shape index (κ3) is 2.84. The second-order valence-corrected chi connectivity index (χ2v) is 11.0. The van der Waals surface area contributed by atoms with Crippen molar-refractivity contribution in [2.24, 2.45) is 34.8 Å². The number of fused-ring (bicyclic) bond motifs is 2. The van der Waals surface area contributed by atoms with Gasteiger partial charge in [-0.3, -0.25) is 4.79 Å². The molecule has 28 heavy (non-hydrogen) atoms. The molecule has 3 aliphatic carbocycles. The first-order valence-corrected chi connectivity index (χ1v) is 11.5. The van der Waals surface area contributed by atoms with Crippen LogP contribution in [0.2, 0.25) is 0 Å². The molecule has 3 nitrogen and oxygen atoms in total. The molecule has 152 valence electrons. The van der Waals surface area contributed by atoms with Crippen molar-refractivity contribution in [3.63, 3.8) is 0 Å². The number of piperidine rings is 1. The minimum atomic E-state index is 0.249. The van der Waals surface area contributed by atoms with E-state index in [9.17, 15) is 4.79 Å². The Hall–Kier alpha value is -1.35. The highest BCUT2D eigenvalue weighted by Gasteiger charge is 2.59. The molecule has 0 aromatic heterocycles. The molecule has 1 aromatic rings. The van der Waals surface area contributed by atoms with Gasteiger partial charge in [-0.15, -0.1) is 0 Å². The summed E-state index contributed by atoms with van der Waals surface area (Å²) in [7, 11) is 0. The van der Waals surface area contributed by atoms with Crippen molar-refractivity contribution in [1.29, 1.82) is 0 Å². The summed E-state index contributed by atoms with van der Waals surface area (Å²) in [5, 5.41) is 0. The maximum atomic E-state index is 13.6. The van der Waals surface area contributed by atoms with Gasteiger partial charge in [0.05, 0.1) is 0 Å². The maximum absolute atomic E-state index is 13.6. The van der Waals surface area contributed by atoms with Crippen LogP contribution in [-0.2, 0) is 10.2 Å². The molecule has 5 unspecified atom stereocenters. The van der Waals surface area contributed by atoms with Gasteiger partial charge < -0.3 is 10.6 Å². The minimum absolute atomic E-state index is 0.249. The number of hydrogen-bond donors (Lipinski definition) is 1. The summed E-state index contributed by atoms with van der Waals surface area (Å²) in [6.07, 6.45) is 8.45. The van der Waals surface area contributed by atoms with Crippen molar-refractivity contribution in [3.05, 3.63) is 35.9 Å². The van der Waals surface area contributed by atoms with Crippen LogP contribution < -0.4 is 5.73 Å². The Balaban J connectivity index is 1.40. The van der Waals surface area contributed by atoms with E-state index in [1.54, 1.807) is 5.56 Å². The van der Waals surface area contributed by atoms with Gasteiger partial charge in [0.2, 0.25) is 5.91 Å². The molecule has 0 radical (unpaired) electrons. The van der Waals surface area contributed by atoms with Gasteiger partial charge in [-0.1, -0.05) is 44.2 Å². The highest BCUT2D eigenvalue weighted by Crippen LogP contribution is 2.66. The Bertz CT molecular complexity index is 748. The summed E-state index contributed by atoms with van der Waals surface area (Å²) in [5.74, 6) is 2.40. The highest BCUT2D eigenvalue weighted by atomic mass is 16.2. The molecule has 4 aliphatic rings. The van der Waals surface area contributed by atoms with E-state index in [0.29, 0.717) is 34.5 Å². The van der Waals surface area contributed by atoms with Crippen molar-refractivity contribution < 1.29 is 4.79 Å². The zero-order valence-electron chi connectivity index (χ0n) is 17.6. The molecule has 3 bridgehead atoms. The number of likely N-dealkylation sites (tertiary alicyclic amines) is 1. The van der Waals surface area contributed by atoms with Crippen molar-refractivity contribution in [3.8, 4) is 0 Å². The lowest BCUT2D eigenvalue weighted by molar-refractivity contribution is -0.155. The smallest absolute Gasteiger partial charge is 0.226 e. The Morgan fingerprint density at radius 1 is 1.18 bits per heavy atom. The van der Waals surface area contributed by atoms with Gasteiger partial charge >= 0.3 is 0 Å². The third-order valence-electron chi connectivity index (χ3n) is 9.07. The Labute approximate surface area is 170 Å². The van der Waals surface area contributed by atoms with Crippen LogP contribution >= 0.6 is 0 Å². The van der Waals surface area contributed by atoms with Crippen LogP contribution in [-0.4, -0.2) is 29.9 Å². The van der Waals surface area contributed by atoms with Crippen LogP contribution in [0, 0.1) is 29.1 Å². The number of nitrogens with zero attached hydrogens (tertiary/aromatic N) is 1. The Morgan fingerprint density at radius 2 is 1.96 bits per heavy atom. The summed E-state index contributed by atoms with van der Waals surface area (Å²) in [4.78, 5) is 15.8. The van der Waals surface area contributed by atoms with Gasteiger partial charge in [0, 0.05) is 25.0 Å². The predicted octanol–water partition coefficient (Wildman–Crippen LogP) is 4.36. The van der Waals surface area contributed by atoms with Crippen LogP contribution in [0.4, 0.5) is 0 Å². The highest BCUT2D eigenvalue weighted by molar-refractivity contribution is 5.79. The Kier molecular flexibility index (Phi) is 4.39. The fourth-order valence-electron chi connectivity index (χ4n) is 7.86. The molecule has 5 rings (SSSR count). The van der Waals surface area contributed by atoms with E-state index >= 15 is 0 Å². The molecule has 1 heterocycles. The minimum Gasteiger partial charge on any atom is -0.342 e. The van der Waals surface area contributed by atoms with Gasteiger partial charge in [-0.05, 0) is 79.1 Å². The van der Waals surface area contributed by atoms with Gasteiger partial charge in [0.1, 0.15) is 0 Å². The van der Waals surface area contributed by atoms with Gasteiger partial charge in [-0.2, -0.15) is 0 Å². The van der Waals surface area contributed by atoms with Gasteiger partial charge in [0.15, 0.2) is 0 Å². The first-order valence-electron chi connectivity index (χ1n) is 11.5. The van der Waals surface area contributed by atoms with Crippen LogP contribution in [0.5, 0.6) is 0 Å². The lowest BCUT2D eigenvalue weighted by atomic mass is 9.42. The predicted molar refractivity (Wildman–Crippen MR) is 113 cm³/mol. The van der Waals surface area contributed by atoms with Crippen LogP contribution in [0.1, 0.15) is 64.4 Å². The number of carbonyl (C=O) groups excluding carboxylic acids is 1. The molecule has 2 N–H and O–H groups in total. The summed E-state index contributed by atoms with van der Waals surface area (Å²) in [5.41, 5.74) is 8.44. The molecule has 1 amide bonds. The molecule has 3 saturated carbocycles. The second kappa shape index (κ2) is 6.58. The average Bonchev–Trinajstić information content (AvgIpc) is 2.67. The molecular formula is C25H36N2O. The molecule has 1 saturated heterocycles. The zero-order chi connectivity index (χ0) is 19.5. The van der Waals surface area contributed by atoms with E-state index in [-0.39, 0.29) is 12.0 Å². The number of amides is 1. The summed E-state index contributed by atoms with van der Waals surface area (Å²) in [6.45, 7) is 6.44. The first-order chi connectivity index (χ1) is 13.4. The lowest BCUT2D eigenvalue weighted by Crippen LogP contribution is -2.59. The van der Waals surface area contributed by atoms with Crippen molar-refractivity contribution in [2.45, 2.75) is 70.3 Å². The quantitative estimate of drug-likeness (QED) is 0.829. The fourth-order valence-corrected chi connectivity index (χ4v) is 7.86. The van der Waals surface area contributed by atoms with Crippen molar-refractivity contribution in [1.82, 2.24) is 4.90 Å². The van der Waals surface area contributed by atoms with E-state index < -0.39 is 0 Å². The molecule has 1 aliphatic heterocycles. The van der Waals surface area contributed by atoms with Crippen LogP contribution in [0.3, 0.4) is 0 Å². The van der Waals surface area contributed by atoms with E-state index in [2.05, 4.69) is 49.1 Å². The SMILES string of the molecule is CC1CN(C(=O)C2CC3C[C@]4(c5ccccc5)CCC2[C@](C)(C3)C4)CCC1N. The summed E-state index contributed by atoms with van der Waals surface area (Å²) < 4.78 is 0. The van der Waals surface area contributed by atoms with E-state index in [0.717, 1.165) is 25.9 Å². The van der Waals surface area contributed by atoms with Crippen LogP contribution in [0.25, 0.3) is 0 Å². The summed E-state index contributed by atoms with van der Waals surface area (Å²) in [6, 6.07) is 11.5. The normalized spacial score (nSPS) is 45.1.